The predicted octanol–water partition coefficient (Wildman–Crippen LogP) is 2.77. The van der Waals surface area contributed by atoms with Gasteiger partial charge in [0, 0.05) is 18.7 Å². The maximum atomic E-state index is 14.0. The predicted molar refractivity (Wildman–Crippen MR) is 76.5 cm³/mol. The quantitative estimate of drug-likeness (QED) is 0.919. The van der Waals surface area contributed by atoms with Crippen molar-refractivity contribution in [1.82, 2.24) is 10.2 Å². The lowest BCUT2D eigenvalue weighted by molar-refractivity contribution is -0.116. The van der Waals surface area contributed by atoms with Crippen LogP contribution in [0.1, 0.15) is 25.7 Å². The number of hydrogen-bond donors (Lipinski definition) is 1. The first kappa shape index (κ1) is 14.6. The molecule has 2 heterocycles. The van der Waals surface area contributed by atoms with Crippen LogP contribution >= 0.6 is 0 Å². The smallest absolute Gasteiger partial charge is 0.250 e. The molecule has 0 spiro atoms. The minimum Gasteiger partial charge on any atom is -0.423 e. The lowest BCUT2D eigenvalue weighted by Crippen LogP contribution is -2.15. The fraction of sp³-hybridized carbons (Fsp3) is 0.400. The molecule has 1 amide bonds. The summed E-state index contributed by atoms with van der Waals surface area (Å²) < 4.78 is 24.4. The molecule has 3 rings (SSSR count). The Balaban J connectivity index is 1.58. The van der Waals surface area contributed by atoms with E-state index in [-0.39, 0.29) is 23.5 Å². The van der Waals surface area contributed by atoms with E-state index in [1.807, 2.05) is 0 Å². The molecule has 0 radical (unpaired) electrons. The zero-order chi connectivity index (χ0) is 15.4. The molecule has 0 bridgehead atoms. The standard InChI is InChI=1S/C15H16FN3O3/c16-13-8-10(3-5-12(13)15-19-17-9-22-15)18-14(20)6-4-11-2-1-7-21-11/h3,5,8-9,11H,1-2,4,6-7H2,(H,18,20). The van der Waals surface area contributed by atoms with E-state index in [0.29, 0.717) is 18.5 Å². The van der Waals surface area contributed by atoms with Gasteiger partial charge in [-0.3, -0.25) is 4.79 Å². The molecule has 6 nitrogen and oxygen atoms in total. The lowest BCUT2D eigenvalue weighted by atomic mass is 10.1. The van der Waals surface area contributed by atoms with Crippen molar-refractivity contribution in [2.24, 2.45) is 0 Å². The van der Waals surface area contributed by atoms with Gasteiger partial charge < -0.3 is 14.5 Å². The third-order valence-corrected chi connectivity index (χ3v) is 3.56. The Morgan fingerprint density at radius 1 is 1.45 bits per heavy atom. The molecule has 22 heavy (non-hydrogen) atoms. The number of hydrogen-bond acceptors (Lipinski definition) is 5. The number of nitrogens with one attached hydrogen (secondary N) is 1. The summed E-state index contributed by atoms with van der Waals surface area (Å²) in [4.78, 5) is 11.9. The van der Waals surface area contributed by atoms with Gasteiger partial charge in [0.2, 0.25) is 18.2 Å². The van der Waals surface area contributed by atoms with Crippen molar-refractivity contribution in [1.29, 1.82) is 0 Å². The van der Waals surface area contributed by atoms with E-state index in [2.05, 4.69) is 15.5 Å². The van der Waals surface area contributed by atoms with Gasteiger partial charge in [0.25, 0.3) is 0 Å². The molecular weight excluding hydrogens is 289 g/mol. The van der Waals surface area contributed by atoms with Crippen LogP contribution < -0.4 is 5.32 Å². The van der Waals surface area contributed by atoms with Gasteiger partial charge in [-0.2, -0.15) is 0 Å². The van der Waals surface area contributed by atoms with Gasteiger partial charge in [-0.05, 0) is 37.5 Å². The van der Waals surface area contributed by atoms with Gasteiger partial charge in [-0.25, -0.2) is 4.39 Å². The van der Waals surface area contributed by atoms with Crippen molar-refractivity contribution in [2.75, 3.05) is 11.9 Å². The van der Waals surface area contributed by atoms with Crippen molar-refractivity contribution in [3.05, 3.63) is 30.4 Å². The summed E-state index contributed by atoms with van der Waals surface area (Å²) in [6.45, 7) is 0.772. The van der Waals surface area contributed by atoms with Gasteiger partial charge >= 0.3 is 0 Å². The highest BCUT2D eigenvalue weighted by molar-refractivity contribution is 5.90. The second-order valence-electron chi connectivity index (χ2n) is 5.16. The first-order valence-electron chi connectivity index (χ1n) is 7.20. The Hall–Kier alpha value is -2.28. The highest BCUT2D eigenvalue weighted by Crippen LogP contribution is 2.23. The molecule has 0 aliphatic carbocycles. The van der Waals surface area contributed by atoms with Crippen LogP contribution in [0, 0.1) is 5.82 Å². The lowest BCUT2D eigenvalue weighted by Gasteiger charge is -2.10. The van der Waals surface area contributed by atoms with Crippen LogP contribution in [0.5, 0.6) is 0 Å². The van der Waals surface area contributed by atoms with Crippen molar-refractivity contribution < 1.29 is 18.3 Å². The van der Waals surface area contributed by atoms with Gasteiger partial charge in [0.15, 0.2) is 0 Å². The summed E-state index contributed by atoms with van der Waals surface area (Å²) in [6.07, 6.45) is 4.40. The van der Waals surface area contributed by atoms with Crippen LogP contribution in [0.25, 0.3) is 11.5 Å². The van der Waals surface area contributed by atoms with Crippen molar-refractivity contribution in [3.8, 4) is 11.5 Å². The first-order chi connectivity index (χ1) is 10.7. The zero-order valence-electron chi connectivity index (χ0n) is 11.9. The van der Waals surface area contributed by atoms with E-state index >= 15 is 0 Å². The molecule has 1 aromatic heterocycles. The molecular formula is C15H16FN3O3. The SMILES string of the molecule is O=C(CCC1CCCO1)Nc1ccc(-c2nnco2)c(F)c1. The first-order valence-corrected chi connectivity index (χ1v) is 7.20. The Bertz CT molecular complexity index is 639. The van der Waals surface area contributed by atoms with Crippen LogP contribution in [0.2, 0.25) is 0 Å². The number of benzene rings is 1. The van der Waals surface area contributed by atoms with Crippen molar-refractivity contribution in [2.45, 2.75) is 31.8 Å². The molecule has 1 unspecified atom stereocenters. The van der Waals surface area contributed by atoms with E-state index in [4.69, 9.17) is 9.15 Å². The Kier molecular flexibility index (Phi) is 4.43. The van der Waals surface area contributed by atoms with Crippen LogP contribution in [0.3, 0.4) is 0 Å². The summed E-state index contributed by atoms with van der Waals surface area (Å²) in [7, 11) is 0. The van der Waals surface area contributed by atoms with Gasteiger partial charge in [-0.15, -0.1) is 10.2 Å². The molecule has 1 N–H and O–H groups in total. The summed E-state index contributed by atoms with van der Waals surface area (Å²) >= 11 is 0. The van der Waals surface area contributed by atoms with Crippen molar-refractivity contribution in [3.63, 3.8) is 0 Å². The van der Waals surface area contributed by atoms with Crippen molar-refractivity contribution >= 4 is 11.6 Å². The number of anilines is 1. The number of rotatable bonds is 5. The number of carbonyl (C=O) groups is 1. The number of carbonyl (C=O) groups excluding carboxylic acids is 1. The summed E-state index contributed by atoms with van der Waals surface area (Å²) in [5, 5.41) is 9.84. The van der Waals surface area contributed by atoms with Gasteiger partial charge in [0.1, 0.15) is 5.82 Å². The molecule has 116 valence electrons. The average molecular weight is 305 g/mol. The minimum absolute atomic E-state index is 0.105. The third-order valence-electron chi connectivity index (χ3n) is 3.56. The number of amides is 1. The van der Waals surface area contributed by atoms with Crippen LogP contribution in [-0.4, -0.2) is 28.8 Å². The number of halogens is 1. The second-order valence-corrected chi connectivity index (χ2v) is 5.16. The minimum atomic E-state index is -0.527. The molecule has 0 saturated carbocycles. The largest absolute Gasteiger partial charge is 0.423 e. The molecule has 7 heteroatoms. The Morgan fingerprint density at radius 2 is 2.36 bits per heavy atom. The monoisotopic (exact) mass is 305 g/mol. The highest BCUT2D eigenvalue weighted by atomic mass is 19.1. The summed E-state index contributed by atoms with van der Waals surface area (Å²) in [5.41, 5.74) is 0.605. The average Bonchev–Trinajstić information content (AvgIpc) is 3.19. The molecule has 1 aliphatic rings. The second kappa shape index (κ2) is 6.65. The van der Waals surface area contributed by atoms with Crippen LogP contribution in [0.15, 0.2) is 29.0 Å². The maximum Gasteiger partial charge on any atom is 0.250 e. The molecule has 1 atom stereocenters. The van der Waals surface area contributed by atoms with Crippen LogP contribution in [0.4, 0.5) is 10.1 Å². The van der Waals surface area contributed by atoms with E-state index in [1.54, 1.807) is 6.07 Å². The third kappa shape index (κ3) is 3.48. The number of ether oxygens (including phenoxy) is 1. The van der Waals surface area contributed by atoms with Gasteiger partial charge in [0.05, 0.1) is 11.7 Å². The molecule has 1 aliphatic heterocycles. The fourth-order valence-corrected chi connectivity index (χ4v) is 2.44. The van der Waals surface area contributed by atoms with E-state index in [1.165, 1.54) is 12.1 Å². The highest BCUT2D eigenvalue weighted by Gasteiger charge is 2.17. The summed E-state index contributed by atoms with van der Waals surface area (Å²) in [5.74, 6) is -0.574. The fourth-order valence-electron chi connectivity index (χ4n) is 2.44. The zero-order valence-corrected chi connectivity index (χ0v) is 11.9. The van der Waals surface area contributed by atoms with E-state index in [9.17, 15) is 9.18 Å². The van der Waals surface area contributed by atoms with E-state index in [0.717, 1.165) is 25.8 Å². The number of aromatic nitrogens is 2. The normalized spacial score (nSPS) is 17.6. The molecule has 2 aromatic rings. The molecule has 1 saturated heterocycles. The maximum absolute atomic E-state index is 14.0. The molecule has 1 aromatic carbocycles. The number of nitrogens with zero attached hydrogens (tertiary/aromatic N) is 2. The Morgan fingerprint density at radius 3 is 3.05 bits per heavy atom. The van der Waals surface area contributed by atoms with Gasteiger partial charge in [-0.1, -0.05) is 0 Å². The Labute approximate surface area is 126 Å². The van der Waals surface area contributed by atoms with E-state index < -0.39 is 5.82 Å². The topological polar surface area (TPSA) is 77.2 Å². The summed E-state index contributed by atoms with van der Waals surface area (Å²) in [6, 6.07) is 4.34. The van der Waals surface area contributed by atoms with Crippen LogP contribution in [-0.2, 0) is 9.53 Å². The molecule has 1 fully saturated rings.